The summed E-state index contributed by atoms with van der Waals surface area (Å²) in [5, 5.41) is 10.8. The second-order valence-electron chi connectivity index (χ2n) is 9.13. The summed E-state index contributed by atoms with van der Waals surface area (Å²) in [6.07, 6.45) is 7.63. The molecule has 1 heterocycles. The van der Waals surface area contributed by atoms with Crippen LogP contribution in [0.1, 0.15) is 48.9 Å². The topological polar surface area (TPSA) is 37.6 Å². The van der Waals surface area contributed by atoms with Crippen molar-refractivity contribution in [3.05, 3.63) is 95.6 Å². The van der Waals surface area contributed by atoms with Crippen LogP contribution in [0, 0.1) is 5.82 Å². The Hall–Kier alpha value is -2.47. The Morgan fingerprint density at radius 1 is 0.970 bits per heavy atom. The largest absolute Gasteiger partial charge is 0.389 e. The number of hydrogen-bond donors (Lipinski definition) is 1. The third-order valence-electron chi connectivity index (χ3n) is 6.49. The van der Waals surface area contributed by atoms with Crippen molar-refractivity contribution in [1.29, 1.82) is 0 Å². The van der Waals surface area contributed by atoms with E-state index >= 15 is 0 Å². The van der Waals surface area contributed by atoms with E-state index in [-0.39, 0.29) is 5.82 Å². The number of halogens is 1. The van der Waals surface area contributed by atoms with Crippen LogP contribution >= 0.6 is 0 Å². The van der Waals surface area contributed by atoms with Gasteiger partial charge in [0.2, 0.25) is 0 Å². The van der Waals surface area contributed by atoms with Crippen LogP contribution in [0.2, 0.25) is 0 Å². The number of nitrogens with zero attached hydrogens (tertiary/aromatic N) is 2. The van der Waals surface area contributed by atoms with E-state index < -0.39 is 6.10 Å². The minimum Gasteiger partial charge on any atom is -0.389 e. The van der Waals surface area contributed by atoms with Crippen molar-refractivity contribution < 1.29 is 14.2 Å². The second-order valence-corrected chi connectivity index (χ2v) is 9.13. The Balaban J connectivity index is 1.38. The molecule has 0 saturated heterocycles. The smallest absolute Gasteiger partial charge is 0.123 e. The number of aromatic nitrogens is 1. The lowest BCUT2D eigenvalue weighted by Gasteiger charge is -2.35. The lowest BCUT2D eigenvalue weighted by atomic mass is 9.94. The van der Waals surface area contributed by atoms with Crippen LogP contribution in [0.3, 0.4) is 0 Å². The van der Waals surface area contributed by atoms with Gasteiger partial charge in [0, 0.05) is 37.6 Å². The molecular weight excluding hydrogens is 415 g/mol. The van der Waals surface area contributed by atoms with Crippen molar-refractivity contribution in [2.75, 3.05) is 13.2 Å². The number of hydrogen-bond acceptors (Lipinski definition) is 3. The molecule has 1 aliphatic carbocycles. The summed E-state index contributed by atoms with van der Waals surface area (Å²) >= 11 is 0. The molecule has 0 unspecified atom stereocenters. The lowest BCUT2D eigenvalue weighted by Crippen LogP contribution is -2.42. The van der Waals surface area contributed by atoms with Crippen molar-refractivity contribution in [2.24, 2.45) is 0 Å². The first kappa shape index (κ1) is 23.7. The molecule has 1 saturated carbocycles. The zero-order valence-electron chi connectivity index (χ0n) is 19.3. The van der Waals surface area contributed by atoms with Crippen LogP contribution in [0.25, 0.3) is 0 Å². The van der Waals surface area contributed by atoms with Gasteiger partial charge in [0.05, 0.1) is 19.3 Å². The van der Waals surface area contributed by atoms with Crippen molar-refractivity contribution in [2.45, 2.75) is 63.9 Å². The molecular formula is C28H35FN2O2. The Kier molecular flexibility index (Phi) is 8.70. The fourth-order valence-electron chi connectivity index (χ4n) is 4.79. The van der Waals surface area contributed by atoms with Crippen LogP contribution in [0.15, 0.2) is 72.9 Å². The molecule has 0 amide bonds. The molecule has 1 atom stereocenters. The Labute approximate surface area is 196 Å². The van der Waals surface area contributed by atoms with Crippen LogP contribution in [0.5, 0.6) is 0 Å². The zero-order valence-corrected chi connectivity index (χ0v) is 19.3. The minimum absolute atomic E-state index is 0.205. The van der Waals surface area contributed by atoms with Crippen LogP contribution < -0.4 is 0 Å². The minimum atomic E-state index is -0.540. The predicted octanol–water partition coefficient (Wildman–Crippen LogP) is 5.39. The second kappa shape index (κ2) is 12.1. The fraction of sp³-hybridized carbons (Fsp3) is 0.429. The van der Waals surface area contributed by atoms with Crippen LogP contribution in [-0.2, 0) is 24.4 Å². The summed E-state index contributed by atoms with van der Waals surface area (Å²) in [6.45, 7) is 2.83. The third-order valence-corrected chi connectivity index (χ3v) is 6.49. The Morgan fingerprint density at radius 2 is 1.76 bits per heavy atom. The molecule has 0 radical (unpaired) electrons. The lowest BCUT2D eigenvalue weighted by molar-refractivity contribution is -0.00384. The fourth-order valence-corrected chi connectivity index (χ4v) is 4.79. The van der Waals surface area contributed by atoms with Crippen molar-refractivity contribution in [3.8, 4) is 0 Å². The van der Waals surface area contributed by atoms with Gasteiger partial charge in [-0.1, -0.05) is 61.7 Å². The summed E-state index contributed by atoms with van der Waals surface area (Å²) in [7, 11) is 0. The highest BCUT2D eigenvalue weighted by Crippen LogP contribution is 2.25. The summed E-state index contributed by atoms with van der Waals surface area (Å²) in [5.74, 6) is -0.205. The molecule has 33 heavy (non-hydrogen) atoms. The average Bonchev–Trinajstić information content (AvgIpc) is 3.26. The third kappa shape index (κ3) is 7.26. The van der Waals surface area contributed by atoms with Gasteiger partial charge >= 0.3 is 0 Å². The van der Waals surface area contributed by atoms with Gasteiger partial charge in [0.1, 0.15) is 5.82 Å². The van der Waals surface area contributed by atoms with Gasteiger partial charge in [-0.3, -0.25) is 4.90 Å². The molecule has 3 aromatic rings. The van der Waals surface area contributed by atoms with E-state index in [1.165, 1.54) is 43.9 Å². The van der Waals surface area contributed by atoms with Crippen molar-refractivity contribution in [3.63, 3.8) is 0 Å². The molecule has 176 valence electrons. The van der Waals surface area contributed by atoms with Gasteiger partial charge in [-0.05, 0) is 48.2 Å². The first-order valence-electron chi connectivity index (χ1n) is 12.1. The molecule has 4 rings (SSSR count). The highest BCUT2D eigenvalue weighted by Gasteiger charge is 2.24. The van der Waals surface area contributed by atoms with E-state index in [1.807, 2.05) is 42.5 Å². The molecule has 1 N–H and O–H groups in total. The van der Waals surface area contributed by atoms with E-state index in [0.717, 1.165) is 17.7 Å². The van der Waals surface area contributed by atoms with Crippen molar-refractivity contribution >= 4 is 0 Å². The monoisotopic (exact) mass is 450 g/mol. The number of benzene rings is 2. The normalized spacial score (nSPS) is 15.7. The summed E-state index contributed by atoms with van der Waals surface area (Å²) in [4.78, 5) is 2.42. The zero-order chi connectivity index (χ0) is 22.9. The maximum Gasteiger partial charge on any atom is 0.123 e. The maximum absolute atomic E-state index is 13.6. The molecule has 1 fully saturated rings. The van der Waals surface area contributed by atoms with Gasteiger partial charge in [0.25, 0.3) is 0 Å². The number of ether oxygens (including phenoxy) is 1. The van der Waals surface area contributed by atoms with E-state index in [0.29, 0.717) is 32.3 Å². The highest BCUT2D eigenvalue weighted by atomic mass is 19.1. The van der Waals surface area contributed by atoms with Gasteiger partial charge in [0.15, 0.2) is 0 Å². The predicted molar refractivity (Wildman–Crippen MR) is 129 cm³/mol. The van der Waals surface area contributed by atoms with E-state index in [4.69, 9.17) is 4.74 Å². The first-order chi connectivity index (χ1) is 16.2. The number of rotatable bonds is 11. The molecule has 0 aliphatic heterocycles. The van der Waals surface area contributed by atoms with Crippen molar-refractivity contribution in [1.82, 2.24) is 9.47 Å². The van der Waals surface area contributed by atoms with Gasteiger partial charge in [-0.15, -0.1) is 0 Å². The van der Waals surface area contributed by atoms with Crippen LogP contribution in [-0.4, -0.2) is 39.9 Å². The quantitative estimate of drug-likeness (QED) is 0.426. The maximum atomic E-state index is 13.6. The molecule has 2 aromatic carbocycles. The standard InChI is InChI=1S/C28H35FN2O2/c29-25-12-7-11-24(17-25)18-30-16-8-15-27(30)19-31(26-13-5-2-6-14-26)20-28(32)22-33-21-23-9-3-1-4-10-23/h1,3-4,7-12,15-17,26,28,32H,2,5-6,13-14,18-22H2/t28-/m1/s1. The molecule has 0 spiro atoms. The molecule has 0 bridgehead atoms. The van der Waals surface area contributed by atoms with Gasteiger partial charge < -0.3 is 14.4 Å². The van der Waals surface area contributed by atoms with Gasteiger partial charge in [-0.2, -0.15) is 0 Å². The Bertz CT molecular complexity index is 969. The van der Waals surface area contributed by atoms with E-state index in [9.17, 15) is 9.50 Å². The summed E-state index contributed by atoms with van der Waals surface area (Å²) in [5.41, 5.74) is 3.25. The number of aliphatic hydroxyl groups excluding tert-OH is 1. The Morgan fingerprint density at radius 3 is 2.55 bits per heavy atom. The average molecular weight is 451 g/mol. The first-order valence-corrected chi connectivity index (χ1v) is 12.1. The van der Waals surface area contributed by atoms with E-state index in [2.05, 4.69) is 21.7 Å². The summed E-state index contributed by atoms with van der Waals surface area (Å²) < 4.78 is 21.6. The molecule has 5 heteroatoms. The van der Waals surface area contributed by atoms with Gasteiger partial charge in [-0.25, -0.2) is 4.39 Å². The molecule has 4 nitrogen and oxygen atoms in total. The SMILES string of the molecule is O[C@@H](COCc1ccccc1)CN(Cc1cccn1Cc1cccc(F)c1)C1CCCCC1. The van der Waals surface area contributed by atoms with Crippen LogP contribution in [0.4, 0.5) is 4.39 Å². The molecule has 1 aromatic heterocycles. The highest BCUT2D eigenvalue weighted by molar-refractivity contribution is 5.19. The van der Waals surface area contributed by atoms with E-state index in [1.54, 1.807) is 12.1 Å². The molecule has 1 aliphatic rings. The number of aliphatic hydroxyl groups is 1. The summed E-state index contributed by atoms with van der Waals surface area (Å²) in [6, 6.07) is 21.5.